The van der Waals surface area contributed by atoms with Crippen molar-refractivity contribution in [1.82, 2.24) is 31.3 Å². The fraction of sp³-hybridized carbons (Fsp3) is 0.913. The molecule has 0 spiro atoms. The van der Waals surface area contributed by atoms with Gasteiger partial charge in [-0.25, -0.2) is 10.9 Å². The summed E-state index contributed by atoms with van der Waals surface area (Å²) in [6.45, 7) is 5.00. The fourth-order valence-corrected chi connectivity index (χ4v) is 7.05. The number of hydrogen-bond acceptors (Lipinski definition) is 8. The first-order chi connectivity index (χ1) is 15.9. The number of piperidine rings is 2. The average Bonchev–Trinajstić information content (AvgIpc) is 3.23. The highest BCUT2D eigenvalue weighted by atomic mass is 32.2. The van der Waals surface area contributed by atoms with Crippen LogP contribution in [0.15, 0.2) is 0 Å². The highest BCUT2D eigenvalue weighted by Gasteiger charge is 2.36. The number of nitrogens with one attached hydrogen (secondary N) is 4. The third kappa shape index (κ3) is 6.61. The molecule has 33 heavy (non-hydrogen) atoms. The lowest BCUT2D eigenvalue weighted by Gasteiger charge is -2.37. The van der Waals surface area contributed by atoms with Crippen molar-refractivity contribution in [3.63, 3.8) is 0 Å². The Morgan fingerprint density at radius 3 is 2.76 bits per heavy atom. The van der Waals surface area contributed by atoms with Crippen LogP contribution in [-0.4, -0.2) is 89.0 Å². The molecule has 0 radical (unpaired) electrons. The number of likely N-dealkylation sites (tertiary alicyclic amines) is 1. The van der Waals surface area contributed by atoms with Crippen molar-refractivity contribution in [2.45, 2.75) is 87.2 Å². The summed E-state index contributed by atoms with van der Waals surface area (Å²) in [5.74, 6) is 0.603. The van der Waals surface area contributed by atoms with Gasteiger partial charge in [-0.05, 0) is 64.5 Å². The largest absolute Gasteiger partial charge is 0.391 e. The molecule has 188 valence electrons. The van der Waals surface area contributed by atoms with Crippen molar-refractivity contribution >= 4 is 23.6 Å². The summed E-state index contributed by atoms with van der Waals surface area (Å²) >= 11 is 1.96. The average molecular weight is 483 g/mol. The van der Waals surface area contributed by atoms with Crippen molar-refractivity contribution in [3.05, 3.63) is 0 Å². The zero-order valence-corrected chi connectivity index (χ0v) is 20.9. The zero-order chi connectivity index (χ0) is 23.4. The Labute approximate surface area is 202 Å². The lowest BCUT2D eigenvalue weighted by Crippen LogP contribution is -2.54. The van der Waals surface area contributed by atoms with E-state index in [9.17, 15) is 14.7 Å². The molecule has 4 fully saturated rings. The van der Waals surface area contributed by atoms with Gasteiger partial charge < -0.3 is 20.6 Å². The molecular formula is C23H42N6O3S. The van der Waals surface area contributed by atoms with Crippen LogP contribution in [0.4, 0.5) is 0 Å². The Morgan fingerprint density at radius 1 is 1.15 bits per heavy atom. The normalized spacial score (nSPS) is 37.0. The number of thioether (sulfide) groups is 1. The Hall–Kier alpha value is -0.910. The van der Waals surface area contributed by atoms with Crippen LogP contribution in [0.5, 0.6) is 0 Å². The van der Waals surface area contributed by atoms with Crippen LogP contribution >= 0.6 is 11.8 Å². The first-order valence-electron chi connectivity index (χ1n) is 12.8. The predicted molar refractivity (Wildman–Crippen MR) is 130 cm³/mol. The summed E-state index contributed by atoms with van der Waals surface area (Å²) in [5.41, 5.74) is 6.79. The predicted octanol–water partition coefficient (Wildman–Crippen LogP) is 0.415. The minimum atomic E-state index is -0.413. The Balaban J connectivity index is 1.25. The van der Waals surface area contributed by atoms with Gasteiger partial charge in [0.15, 0.2) is 0 Å². The summed E-state index contributed by atoms with van der Waals surface area (Å²) < 4.78 is 0. The van der Waals surface area contributed by atoms with Crippen molar-refractivity contribution < 1.29 is 14.7 Å². The van der Waals surface area contributed by atoms with Gasteiger partial charge in [0.25, 0.3) is 0 Å². The maximum absolute atomic E-state index is 13.1. The van der Waals surface area contributed by atoms with Gasteiger partial charge in [0.1, 0.15) is 5.50 Å². The molecule has 4 rings (SSSR count). The van der Waals surface area contributed by atoms with E-state index >= 15 is 0 Å². The molecule has 0 aromatic heterocycles. The number of rotatable bonds is 6. The summed E-state index contributed by atoms with van der Waals surface area (Å²) in [6.07, 6.45) is 6.92. The van der Waals surface area contributed by atoms with Gasteiger partial charge in [0, 0.05) is 30.3 Å². The topological polar surface area (TPSA) is 109 Å². The van der Waals surface area contributed by atoms with Gasteiger partial charge in [-0.15, -0.1) is 11.8 Å². The number of hydrogen-bond donors (Lipinski definition) is 5. The molecule has 3 aliphatic heterocycles. The molecule has 5 unspecified atom stereocenters. The molecular weight excluding hydrogens is 440 g/mol. The Bertz CT molecular complexity index is 685. The molecule has 3 heterocycles. The number of amides is 2. The molecule has 9 nitrogen and oxygen atoms in total. The van der Waals surface area contributed by atoms with Gasteiger partial charge in [-0.2, -0.15) is 0 Å². The molecule has 0 aromatic rings. The molecule has 1 aliphatic carbocycles. The maximum atomic E-state index is 13.1. The second-order valence-corrected chi connectivity index (χ2v) is 11.8. The smallest absolute Gasteiger partial charge is 0.237 e. The number of nitrogens with zero attached hydrogens (tertiary/aromatic N) is 2. The molecule has 0 bridgehead atoms. The molecule has 10 heteroatoms. The van der Waals surface area contributed by atoms with Crippen LogP contribution in [-0.2, 0) is 9.59 Å². The lowest BCUT2D eigenvalue weighted by atomic mass is 9.83. The van der Waals surface area contributed by atoms with Crippen LogP contribution < -0.4 is 21.5 Å². The number of β-amino-alcohol motifs (C(OH)–C–C–N with tert-alkyl or cyclic N) is 1. The van der Waals surface area contributed by atoms with E-state index in [1.807, 2.05) is 11.8 Å². The minimum Gasteiger partial charge on any atom is -0.391 e. The summed E-state index contributed by atoms with van der Waals surface area (Å²) in [6, 6.07) is -0.0983. The van der Waals surface area contributed by atoms with Crippen molar-refractivity contribution in [1.29, 1.82) is 0 Å². The van der Waals surface area contributed by atoms with Crippen molar-refractivity contribution in [2.24, 2.45) is 11.8 Å². The Kier molecular flexibility index (Phi) is 8.92. The molecule has 4 aliphatic rings. The van der Waals surface area contributed by atoms with E-state index in [0.29, 0.717) is 30.7 Å². The molecule has 7 atom stereocenters. The van der Waals surface area contributed by atoms with E-state index in [1.165, 1.54) is 6.42 Å². The second-order valence-electron chi connectivity index (χ2n) is 10.4. The van der Waals surface area contributed by atoms with Crippen LogP contribution in [0.1, 0.15) is 58.3 Å². The van der Waals surface area contributed by atoms with E-state index in [1.54, 1.807) is 4.90 Å². The van der Waals surface area contributed by atoms with Crippen LogP contribution in [0.2, 0.25) is 0 Å². The van der Waals surface area contributed by atoms with Gasteiger partial charge >= 0.3 is 0 Å². The maximum Gasteiger partial charge on any atom is 0.237 e. The number of aliphatic hydroxyl groups is 1. The molecule has 1 saturated carbocycles. The van der Waals surface area contributed by atoms with Gasteiger partial charge in [-0.3, -0.25) is 14.5 Å². The zero-order valence-electron chi connectivity index (χ0n) is 20.1. The monoisotopic (exact) mass is 482 g/mol. The third-order valence-electron chi connectivity index (χ3n) is 7.80. The van der Waals surface area contributed by atoms with E-state index in [2.05, 4.69) is 40.4 Å². The molecule has 3 saturated heterocycles. The van der Waals surface area contributed by atoms with Gasteiger partial charge in [0.05, 0.1) is 18.8 Å². The number of carbonyl (C=O) groups excluding carboxylic acids is 2. The standard InChI is InChI=1S/C23H42N6O3S/c1-15(33-23-27-25-14-28(23)2)16-5-3-6-18(11-16)26-21(31)20-12-17(8-9-24-20)22(32)29-10-4-7-19(30)13-29/h15-20,23-25,27,30H,3-14H2,1-2H3,(H,26,31)/t15-,16?,17?,18?,19-,20?,23?/m0/s1. The van der Waals surface area contributed by atoms with E-state index < -0.39 is 6.10 Å². The van der Waals surface area contributed by atoms with Crippen LogP contribution in [0.3, 0.4) is 0 Å². The minimum absolute atomic E-state index is 0.0403. The van der Waals surface area contributed by atoms with E-state index in [-0.39, 0.29) is 35.3 Å². The highest BCUT2D eigenvalue weighted by Crippen LogP contribution is 2.35. The van der Waals surface area contributed by atoms with Crippen molar-refractivity contribution in [3.8, 4) is 0 Å². The van der Waals surface area contributed by atoms with Crippen molar-refractivity contribution in [2.75, 3.05) is 33.4 Å². The van der Waals surface area contributed by atoms with E-state index in [0.717, 1.165) is 51.7 Å². The molecule has 0 aromatic carbocycles. The number of hydrazine groups is 1. The molecule has 2 amide bonds. The van der Waals surface area contributed by atoms with Gasteiger partial charge in [-0.1, -0.05) is 13.3 Å². The second kappa shape index (κ2) is 11.7. The molecule has 5 N–H and O–H groups in total. The van der Waals surface area contributed by atoms with E-state index in [4.69, 9.17) is 0 Å². The summed E-state index contributed by atoms with van der Waals surface area (Å²) in [5, 5.41) is 17.1. The Morgan fingerprint density at radius 2 is 2.00 bits per heavy atom. The summed E-state index contributed by atoms with van der Waals surface area (Å²) in [4.78, 5) is 30.1. The quantitative estimate of drug-likeness (QED) is 0.371. The first kappa shape index (κ1) is 25.2. The van der Waals surface area contributed by atoms with Crippen LogP contribution in [0.25, 0.3) is 0 Å². The van der Waals surface area contributed by atoms with Gasteiger partial charge in [0.2, 0.25) is 11.8 Å². The van der Waals surface area contributed by atoms with Crippen LogP contribution in [0, 0.1) is 11.8 Å². The number of carbonyl (C=O) groups is 2. The third-order valence-corrected chi connectivity index (χ3v) is 9.35. The lowest BCUT2D eigenvalue weighted by molar-refractivity contribution is -0.140. The SMILES string of the molecule is C[C@H](SC1NNCN1C)C1CCCC(NC(=O)C2CC(C(=O)N3CCC[C@H](O)C3)CCN2)C1. The highest BCUT2D eigenvalue weighted by molar-refractivity contribution is 8.00. The first-order valence-corrected chi connectivity index (χ1v) is 13.7. The summed E-state index contributed by atoms with van der Waals surface area (Å²) in [7, 11) is 2.11. The fourth-order valence-electron chi connectivity index (χ4n) is 5.74. The number of aliphatic hydroxyl groups excluding tert-OH is 1.